The van der Waals surface area contributed by atoms with Gasteiger partial charge in [-0.05, 0) is 13.8 Å². The Hall–Kier alpha value is -1.92. The molecule has 0 saturated heterocycles. The van der Waals surface area contributed by atoms with E-state index in [1.54, 1.807) is 0 Å². The van der Waals surface area contributed by atoms with E-state index in [0.29, 0.717) is 0 Å². The van der Waals surface area contributed by atoms with Crippen molar-refractivity contribution in [1.29, 1.82) is 0 Å². The fourth-order valence-electron chi connectivity index (χ4n) is 0.346. The second-order valence-electron chi connectivity index (χ2n) is 2.78. The summed E-state index contributed by atoms with van der Waals surface area (Å²) in [6.07, 6.45) is -0.361. The molecule has 0 fully saturated rings. The first-order valence-corrected chi connectivity index (χ1v) is 3.98. The SMILES string of the molecule is CC(=O)C(C)C(=O)O.NC(=O)CC(N)=O. The monoisotopic (exact) mass is 218 g/mol. The van der Waals surface area contributed by atoms with Crippen molar-refractivity contribution in [3.05, 3.63) is 0 Å². The molecule has 2 amide bonds. The molecule has 0 bridgehead atoms. The van der Waals surface area contributed by atoms with Crippen LogP contribution in [0.25, 0.3) is 0 Å². The van der Waals surface area contributed by atoms with Crippen LogP contribution in [-0.2, 0) is 19.2 Å². The Labute approximate surface area is 86.4 Å². The van der Waals surface area contributed by atoms with Crippen molar-refractivity contribution in [1.82, 2.24) is 0 Å². The van der Waals surface area contributed by atoms with Gasteiger partial charge in [-0.25, -0.2) is 0 Å². The van der Waals surface area contributed by atoms with Gasteiger partial charge < -0.3 is 16.6 Å². The Kier molecular flexibility index (Phi) is 7.75. The molecule has 0 aromatic rings. The number of hydrogen-bond acceptors (Lipinski definition) is 4. The van der Waals surface area contributed by atoms with E-state index < -0.39 is 23.7 Å². The highest BCUT2D eigenvalue weighted by molar-refractivity contribution is 5.96. The molecule has 0 radical (unpaired) electrons. The molecule has 0 aliphatic heterocycles. The van der Waals surface area contributed by atoms with Crippen LogP contribution in [0.1, 0.15) is 20.3 Å². The Balaban J connectivity index is 0. The highest BCUT2D eigenvalue weighted by Crippen LogP contribution is 1.93. The minimum absolute atomic E-state index is 0.308. The van der Waals surface area contributed by atoms with Crippen LogP contribution in [-0.4, -0.2) is 28.7 Å². The van der Waals surface area contributed by atoms with Crippen LogP contribution in [0.4, 0.5) is 0 Å². The minimum Gasteiger partial charge on any atom is -0.481 e. The average molecular weight is 218 g/mol. The van der Waals surface area contributed by atoms with Gasteiger partial charge in [0.25, 0.3) is 0 Å². The first kappa shape index (κ1) is 15.5. The van der Waals surface area contributed by atoms with Crippen molar-refractivity contribution in [2.75, 3.05) is 0 Å². The van der Waals surface area contributed by atoms with E-state index in [2.05, 4.69) is 11.5 Å². The lowest BCUT2D eigenvalue weighted by Gasteiger charge is -1.96. The average Bonchev–Trinajstić information content (AvgIpc) is 2.00. The zero-order valence-corrected chi connectivity index (χ0v) is 8.52. The van der Waals surface area contributed by atoms with Crippen molar-refractivity contribution >= 4 is 23.6 Å². The Morgan fingerprint density at radius 2 is 1.47 bits per heavy atom. The topological polar surface area (TPSA) is 141 Å². The zero-order valence-electron chi connectivity index (χ0n) is 8.52. The van der Waals surface area contributed by atoms with Crippen molar-refractivity contribution in [2.24, 2.45) is 17.4 Å². The quantitative estimate of drug-likeness (QED) is 0.500. The third-order valence-electron chi connectivity index (χ3n) is 1.33. The second-order valence-corrected chi connectivity index (χ2v) is 2.78. The van der Waals surface area contributed by atoms with Gasteiger partial charge in [0.1, 0.15) is 18.1 Å². The van der Waals surface area contributed by atoms with Crippen LogP contribution in [0, 0.1) is 5.92 Å². The normalized spacial score (nSPS) is 10.5. The number of carboxylic acid groups (broad SMARTS) is 1. The Bertz CT molecular complexity index is 248. The maximum Gasteiger partial charge on any atom is 0.313 e. The summed E-state index contributed by atoms with van der Waals surface area (Å²) < 4.78 is 0. The van der Waals surface area contributed by atoms with Crippen LogP contribution < -0.4 is 11.5 Å². The molecule has 0 aliphatic rings. The lowest BCUT2D eigenvalue weighted by molar-refractivity contribution is -0.145. The smallest absolute Gasteiger partial charge is 0.313 e. The van der Waals surface area contributed by atoms with Gasteiger partial charge in [-0.2, -0.15) is 0 Å². The van der Waals surface area contributed by atoms with Crippen molar-refractivity contribution in [2.45, 2.75) is 20.3 Å². The summed E-state index contributed by atoms with van der Waals surface area (Å²) in [6.45, 7) is 2.63. The van der Waals surface area contributed by atoms with Gasteiger partial charge in [0.15, 0.2) is 0 Å². The molecule has 7 nitrogen and oxygen atoms in total. The van der Waals surface area contributed by atoms with E-state index in [-0.39, 0.29) is 12.2 Å². The molecule has 1 atom stereocenters. The molecular formula is C8H14N2O5. The number of amides is 2. The number of primary amides is 2. The molecule has 7 heteroatoms. The largest absolute Gasteiger partial charge is 0.481 e. The number of carboxylic acids is 1. The molecule has 86 valence electrons. The lowest BCUT2D eigenvalue weighted by Crippen LogP contribution is -2.21. The summed E-state index contributed by atoms with van der Waals surface area (Å²) in [5, 5.41) is 8.13. The number of rotatable bonds is 4. The molecule has 0 heterocycles. The van der Waals surface area contributed by atoms with Gasteiger partial charge in [0.2, 0.25) is 11.8 Å². The highest BCUT2D eigenvalue weighted by atomic mass is 16.4. The van der Waals surface area contributed by atoms with Crippen molar-refractivity contribution in [3.8, 4) is 0 Å². The molecule has 15 heavy (non-hydrogen) atoms. The fourth-order valence-corrected chi connectivity index (χ4v) is 0.346. The van der Waals surface area contributed by atoms with Gasteiger partial charge in [0, 0.05) is 0 Å². The maximum atomic E-state index is 10.2. The van der Waals surface area contributed by atoms with Gasteiger partial charge in [-0.3, -0.25) is 19.2 Å². The molecule has 0 aliphatic carbocycles. The van der Waals surface area contributed by atoms with Gasteiger partial charge in [-0.15, -0.1) is 0 Å². The number of Topliss-reactive ketones (excluding diaryl/α,β-unsaturated/α-hetero) is 1. The molecule has 0 rings (SSSR count). The number of hydrogen-bond donors (Lipinski definition) is 3. The summed E-state index contributed by atoms with van der Waals surface area (Å²) in [6, 6.07) is 0. The molecule has 0 aromatic heterocycles. The molecule has 0 spiro atoms. The standard InChI is InChI=1S/C5H8O3.C3H6N2O2/c1-3(4(2)6)5(7)8;4-2(6)1-3(5)7/h3H,1-2H3,(H,7,8);1H2,(H2,4,6)(H2,5,7). The first-order valence-electron chi connectivity index (χ1n) is 3.98. The lowest BCUT2D eigenvalue weighted by atomic mass is 10.1. The van der Waals surface area contributed by atoms with Gasteiger partial charge in [0.05, 0.1) is 0 Å². The number of ketones is 1. The highest BCUT2D eigenvalue weighted by Gasteiger charge is 2.14. The first-order chi connectivity index (χ1) is 6.68. The van der Waals surface area contributed by atoms with E-state index in [1.165, 1.54) is 13.8 Å². The van der Waals surface area contributed by atoms with Crippen molar-refractivity contribution < 1.29 is 24.3 Å². The third kappa shape index (κ3) is 12.1. The number of carbonyl (C=O) groups is 4. The van der Waals surface area contributed by atoms with E-state index in [4.69, 9.17) is 5.11 Å². The van der Waals surface area contributed by atoms with Crippen molar-refractivity contribution in [3.63, 3.8) is 0 Å². The minimum atomic E-state index is -1.06. The van der Waals surface area contributed by atoms with Crippen LogP contribution in [0.5, 0.6) is 0 Å². The molecule has 5 N–H and O–H groups in total. The van der Waals surface area contributed by atoms with E-state index in [9.17, 15) is 19.2 Å². The molecule has 1 unspecified atom stereocenters. The zero-order chi connectivity index (χ0) is 12.6. The maximum absolute atomic E-state index is 10.2. The van der Waals surface area contributed by atoms with Crippen LogP contribution in [0.15, 0.2) is 0 Å². The summed E-state index contributed by atoms with van der Waals surface area (Å²) in [4.78, 5) is 39.6. The van der Waals surface area contributed by atoms with Gasteiger partial charge >= 0.3 is 5.97 Å². The molecular weight excluding hydrogens is 204 g/mol. The Morgan fingerprint density at radius 1 is 1.13 bits per heavy atom. The molecule has 0 aromatic carbocycles. The third-order valence-corrected chi connectivity index (χ3v) is 1.33. The summed E-state index contributed by atoms with van der Waals surface area (Å²) >= 11 is 0. The van der Waals surface area contributed by atoms with E-state index in [0.717, 1.165) is 0 Å². The van der Waals surface area contributed by atoms with Gasteiger partial charge in [-0.1, -0.05) is 0 Å². The van der Waals surface area contributed by atoms with E-state index >= 15 is 0 Å². The number of nitrogens with two attached hydrogens (primary N) is 2. The van der Waals surface area contributed by atoms with E-state index in [1.807, 2.05) is 0 Å². The fraction of sp³-hybridized carbons (Fsp3) is 0.500. The van der Waals surface area contributed by atoms with Crippen LogP contribution in [0.3, 0.4) is 0 Å². The Morgan fingerprint density at radius 3 is 1.47 bits per heavy atom. The predicted molar refractivity (Wildman–Crippen MR) is 50.5 cm³/mol. The summed E-state index contributed by atoms with van der Waals surface area (Å²) in [5.74, 6) is -3.59. The van der Waals surface area contributed by atoms with Crippen LogP contribution in [0.2, 0.25) is 0 Å². The number of aliphatic carboxylic acids is 1. The molecule has 0 saturated carbocycles. The second kappa shape index (κ2) is 7.48. The summed E-state index contributed by atoms with van der Waals surface area (Å²) in [5.41, 5.74) is 9.11. The predicted octanol–water partition coefficient (Wildman–Crippen LogP) is -1.36. The summed E-state index contributed by atoms with van der Waals surface area (Å²) in [7, 11) is 0. The van der Waals surface area contributed by atoms with Crippen LogP contribution >= 0.6 is 0 Å². The number of carbonyl (C=O) groups excluding carboxylic acids is 3.